The van der Waals surface area contributed by atoms with Crippen molar-refractivity contribution in [1.82, 2.24) is 15.0 Å². The first-order chi connectivity index (χ1) is 12.2. The van der Waals surface area contributed by atoms with Crippen LogP contribution in [0.3, 0.4) is 0 Å². The van der Waals surface area contributed by atoms with Gasteiger partial charge in [0.15, 0.2) is 5.82 Å². The number of hydrogen-bond donors (Lipinski definition) is 2. The topological polar surface area (TPSA) is 126 Å². The summed E-state index contributed by atoms with van der Waals surface area (Å²) in [4.78, 5) is 22.4. The maximum atomic E-state index is 14.3. The Kier molecular flexibility index (Phi) is 6.04. The highest BCUT2D eigenvalue weighted by Gasteiger charge is 2.22. The zero-order valence-corrected chi connectivity index (χ0v) is 14.9. The molecule has 9 heteroatoms. The number of aromatic nitrogens is 3. The number of halogens is 1. The monoisotopic (exact) mass is 363 g/mol. The minimum absolute atomic E-state index is 0.137. The number of nitrogens with two attached hydrogens (primary N) is 2. The van der Waals surface area contributed by atoms with E-state index >= 15 is 0 Å². The van der Waals surface area contributed by atoms with Gasteiger partial charge in [-0.3, -0.25) is 0 Å². The summed E-state index contributed by atoms with van der Waals surface area (Å²) in [5.74, 6) is -0.404. The van der Waals surface area contributed by atoms with Crippen LogP contribution in [-0.2, 0) is 0 Å². The lowest BCUT2D eigenvalue weighted by Gasteiger charge is -2.26. The molecule has 0 saturated heterocycles. The Morgan fingerprint density at radius 3 is 2.73 bits per heavy atom. The molecule has 1 amide bonds. The van der Waals surface area contributed by atoms with E-state index in [-0.39, 0.29) is 18.5 Å². The van der Waals surface area contributed by atoms with Crippen LogP contribution in [0.15, 0.2) is 24.5 Å². The summed E-state index contributed by atoms with van der Waals surface area (Å²) in [5, 5.41) is 0. The molecule has 1 atom stereocenters. The van der Waals surface area contributed by atoms with Crippen LogP contribution in [0, 0.1) is 11.7 Å². The zero-order valence-electron chi connectivity index (χ0n) is 14.9. The van der Waals surface area contributed by atoms with Crippen LogP contribution >= 0.6 is 0 Å². The summed E-state index contributed by atoms with van der Waals surface area (Å²) in [6.45, 7) is 6.09. The van der Waals surface area contributed by atoms with Gasteiger partial charge in [0.1, 0.15) is 6.61 Å². The van der Waals surface area contributed by atoms with Gasteiger partial charge in [0, 0.05) is 23.5 Å². The van der Waals surface area contributed by atoms with Gasteiger partial charge in [-0.05, 0) is 31.4 Å². The summed E-state index contributed by atoms with van der Waals surface area (Å²) >= 11 is 0. The minimum atomic E-state index is -1.04. The second-order valence-electron chi connectivity index (χ2n) is 6.70. The molecular formula is C17H22FN5O3. The lowest BCUT2D eigenvalue weighted by Crippen LogP contribution is -2.43. The molecular weight excluding hydrogens is 341 g/mol. The molecule has 0 fully saturated rings. The van der Waals surface area contributed by atoms with Crippen LogP contribution in [0.2, 0.25) is 0 Å². The summed E-state index contributed by atoms with van der Waals surface area (Å²) in [6.07, 6.45) is 2.44. The van der Waals surface area contributed by atoms with Gasteiger partial charge in [-0.1, -0.05) is 13.8 Å². The molecule has 26 heavy (non-hydrogen) atoms. The van der Waals surface area contributed by atoms with Gasteiger partial charge in [0.25, 0.3) is 0 Å². The number of rotatable bonds is 7. The van der Waals surface area contributed by atoms with Gasteiger partial charge in [-0.25, -0.2) is 19.2 Å². The number of carbonyl (C=O) groups excluding carboxylic acids is 1. The van der Waals surface area contributed by atoms with Crippen molar-refractivity contribution >= 4 is 6.09 Å². The lowest BCUT2D eigenvalue weighted by molar-refractivity contribution is 0.193. The lowest BCUT2D eigenvalue weighted by atomic mass is 9.93. The predicted octanol–water partition coefficient (Wildman–Crippen LogP) is 2.28. The molecule has 2 aromatic heterocycles. The Morgan fingerprint density at radius 1 is 1.38 bits per heavy atom. The molecule has 0 aliphatic heterocycles. The maximum Gasteiger partial charge on any atom is 0.412 e. The summed E-state index contributed by atoms with van der Waals surface area (Å²) in [5.41, 5.74) is 11.2. The van der Waals surface area contributed by atoms with E-state index in [0.29, 0.717) is 17.2 Å². The fourth-order valence-electron chi connectivity index (χ4n) is 2.54. The van der Waals surface area contributed by atoms with E-state index in [9.17, 15) is 9.18 Å². The third-order valence-electron chi connectivity index (χ3n) is 3.34. The molecule has 0 aliphatic rings. The van der Waals surface area contributed by atoms with E-state index < -0.39 is 17.4 Å². The summed E-state index contributed by atoms with van der Waals surface area (Å²) < 4.78 is 24.3. The minimum Gasteiger partial charge on any atom is -0.474 e. The van der Waals surface area contributed by atoms with Crippen molar-refractivity contribution in [3.8, 4) is 23.1 Å². The molecule has 2 heterocycles. The number of primary amides is 1. The number of pyridine rings is 1. The normalized spacial score (nSPS) is 13.3. The van der Waals surface area contributed by atoms with Crippen molar-refractivity contribution in [2.45, 2.75) is 32.7 Å². The second-order valence-corrected chi connectivity index (χ2v) is 6.70. The Morgan fingerprint density at radius 2 is 2.12 bits per heavy atom. The van der Waals surface area contributed by atoms with Crippen molar-refractivity contribution < 1.29 is 18.7 Å². The summed E-state index contributed by atoms with van der Waals surface area (Å²) in [7, 11) is 0. The molecule has 0 bridgehead atoms. The predicted molar refractivity (Wildman–Crippen MR) is 93.0 cm³/mol. The smallest absolute Gasteiger partial charge is 0.412 e. The number of carbonyl (C=O) groups is 1. The van der Waals surface area contributed by atoms with Crippen LogP contribution in [0.25, 0.3) is 11.3 Å². The van der Waals surface area contributed by atoms with Gasteiger partial charge >= 0.3 is 12.1 Å². The molecule has 0 saturated carbocycles. The fourth-order valence-corrected chi connectivity index (χ4v) is 2.54. The first kappa shape index (κ1) is 19.5. The van der Waals surface area contributed by atoms with Crippen LogP contribution < -0.4 is 20.9 Å². The van der Waals surface area contributed by atoms with Crippen LogP contribution in [0.4, 0.5) is 9.18 Å². The number of amides is 1. The first-order valence-electron chi connectivity index (χ1n) is 8.04. The molecule has 0 radical (unpaired) electrons. The molecule has 140 valence electrons. The van der Waals surface area contributed by atoms with E-state index in [0.717, 1.165) is 6.42 Å². The molecule has 2 rings (SSSR count). The van der Waals surface area contributed by atoms with Crippen LogP contribution in [0.5, 0.6) is 11.9 Å². The van der Waals surface area contributed by atoms with Crippen molar-refractivity contribution in [2.24, 2.45) is 17.4 Å². The number of nitrogens with zero attached hydrogens (tertiary/aromatic N) is 3. The largest absolute Gasteiger partial charge is 0.474 e. The van der Waals surface area contributed by atoms with Gasteiger partial charge in [-0.15, -0.1) is 0 Å². The van der Waals surface area contributed by atoms with Gasteiger partial charge in [-0.2, -0.15) is 4.98 Å². The standard InChI is InChI=1S/C17H22FN5O3/c1-10(2)7-17(3,20)9-25-14-12(18)6-11(8-22-14)13-4-5-21-16(23-13)26-15(19)24/h4-6,8,10H,7,9,20H2,1-3H3,(H2,19,24)/t17-/m1/s1. The maximum absolute atomic E-state index is 14.3. The van der Waals surface area contributed by atoms with E-state index in [4.69, 9.17) is 16.2 Å². The highest BCUT2D eigenvalue weighted by Crippen LogP contribution is 2.24. The van der Waals surface area contributed by atoms with Crippen molar-refractivity contribution in [3.05, 3.63) is 30.3 Å². The van der Waals surface area contributed by atoms with E-state index in [1.165, 1.54) is 24.5 Å². The fraction of sp³-hybridized carbons (Fsp3) is 0.412. The Labute approximate surface area is 150 Å². The van der Waals surface area contributed by atoms with Gasteiger partial charge in [0.2, 0.25) is 5.88 Å². The Hall–Kier alpha value is -2.81. The third-order valence-corrected chi connectivity index (χ3v) is 3.34. The third kappa shape index (κ3) is 5.62. The molecule has 4 N–H and O–H groups in total. The number of ether oxygens (including phenoxy) is 2. The molecule has 0 aromatic carbocycles. The average molecular weight is 363 g/mol. The van der Waals surface area contributed by atoms with E-state index in [1.54, 1.807) is 0 Å². The van der Waals surface area contributed by atoms with E-state index in [1.807, 2.05) is 6.92 Å². The van der Waals surface area contributed by atoms with Crippen LogP contribution in [0.1, 0.15) is 27.2 Å². The van der Waals surface area contributed by atoms with Gasteiger partial charge < -0.3 is 20.9 Å². The van der Waals surface area contributed by atoms with Gasteiger partial charge in [0.05, 0.1) is 5.69 Å². The van der Waals surface area contributed by atoms with Crippen molar-refractivity contribution in [2.75, 3.05) is 6.61 Å². The Bertz CT molecular complexity index is 783. The van der Waals surface area contributed by atoms with Crippen LogP contribution in [-0.4, -0.2) is 33.2 Å². The molecule has 2 aromatic rings. The summed E-state index contributed by atoms with van der Waals surface area (Å²) in [6, 6.07) is 2.50. The first-order valence-corrected chi connectivity index (χ1v) is 8.04. The molecule has 0 aliphatic carbocycles. The zero-order chi connectivity index (χ0) is 19.3. The van der Waals surface area contributed by atoms with E-state index in [2.05, 4.69) is 33.5 Å². The average Bonchev–Trinajstić information content (AvgIpc) is 2.52. The van der Waals surface area contributed by atoms with Crippen molar-refractivity contribution in [1.29, 1.82) is 0 Å². The SMILES string of the molecule is CC(C)C[C@@](C)(N)COc1ncc(-c2ccnc(OC(N)=O)n2)cc1F. The molecule has 0 spiro atoms. The van der Waals surface area contributed by atoms with Crippen molar-refractivity contribution in [3.63, 3.8) is 0 Å². The quantitative estimate of drug-likeness (QED) is 0.772. The molecule has 0 unspecified atom stereocenters. The number of hydrogen-bond acceptors (Lipinski definition) is 7. The highest BCUT2D eigenvalue weighted by molar-refractivity contribution is 5.67. The second kappa shape index (κ2) is 8.05. The molecule has 8 nitrogen and oxygen atoms in total. The highest BCUT2D eigenvalue weighted by atomic mass is 19.1. The Balaban J connectivity index is 2.13.